The third-order valence-electron chi connectivity index (χ3n) is 3.30. The van der Waals surface area contributed by atoms with E-state index in [-0.39, 0.29) is 11.8 Å². The zero-order valence-electron chi connectivity index (χ0n) is 12.5. The fourth-order valence-electron chi connectivity index (χ4n) is 2.06. The molecule has 2 N–H and O–H groups in total. The van der Waals surface area contributed by atoms with E-state index in [1.807, 2.05) is 44.3 Å². The molecule has 0 aliphatic rings. The molecule has 1 amide bonds. The van der Waals surface area contributed by atoms with Crippen molar-refractivity contribution in [1.29, 1.82) is 0 Å². The Balaban J connectivity index is 1.76. The number of amides is 1. The highest BCUT2D eigenvalue weighted by atomic mass is 16.5. The maximum Gasteiger partial charge on any atom is 0.226 e. The van der Waals surface area contributed by atoms with Crippen molar-refractivity contribution in [3.05, 3.63) is 48.8 Å². The van der Waals surface area contributed by atoms with Gasteiger partial charge in [-0.2, -0.15) is 0 Å². The highest BCUT2D eigenvalue weighted by Crippen LogP contribution is 2.28. The fraction of sp³-hybridized carbons (Fsp3) is 0.176. The molecule has 0 atom stereocenters. The lowest BCUT2D eigenvalue weighted by Gasteiger charge is -2.09. The number of aromatic amines is 1. The number of hydrogen-bond acceptors (Lipinski definition) is 3. The first-order valence-corrected chi connectivity index (χ1v) is 7.14. The minimum Gasteiger partial charge on any atom is -0.438 e. The summed E-state index contributed by atoms with van der Waals surface area (Å²) < 4.78 is 5.81. The molecule has 0 unspecified atom stereocenters. The van der Waals surface area contributed by atoms with Gasteiger partial charge in [0.15, 0.2) is 0 Å². The van der Waals surface area contributed by atoms with Crippen molar-refractivity contribution in [2.24, 2.45) is 5.92 Å². The highest BCUT2D eigenvalue weighted by Gasteiger charge is 2.08. The van der Waals surface area contributed by atoms with Gasteiger partial charge < -0.3 is 15.0 Å². The van der Waals surface area contributed by atoms with Gasteiger partial charge in [-0.05, 0) is 24.3 Å². The van der Waals surface area contributed by atoms with Crippen LogP contribution in [0.2, 0.25) is 0 Å². The first-order chi connectivity index (χ1) is 10.6. The molecule has 0 saturated carbocycles. The van der Waals surface area contributed by atoms with Gasteiger partial charge in [0.25, 0.3) is 0 Å². The van der Waals surface area contributed by atoms with Crippen LogP contribution in [0.1, 0.15) is 13.8 Å². The normalized spacial score (nSPS) is 10.9. The van der Waals surface area contributed by atoms with E-state index in [0.29, 0.717) is 11.6 Å². The minimum absolute atomic E-state index is 0.0347. The van der Waals surface area contributed by atoms with Gasteiger partial charge in [-0.1, -0.05) is 19.9 Å². The largest absolute Gasteiger partial charge is 0.438 e. The third-order valence-corrected chi connectivity index (χ3v) is 3.30. The molecule has 112 valence electrons. The van der Waals surface area contributed by atoms with Gasteiger partial charge in [0.1, 0.15) is 5.75 Å². The van der Waals surface area contributed by atoms with Crippen molar-refractivity contribution in [1.82, 2.24) is 9.97 Å². The first-order valence-electron chi connectivity index (χ1n) is 7.14. The van der Waals surface area contributed by atoms with E-state index in [1.54, 1.807) is 18.3 Å². The lowest BCUT2D eigenvalue weighted by molar-refractivity contribution is -0.118. The van der Waals surface area contributed by atoms with E-state index in [1.165, 1.54) is 0 Å². The second kappa shape index (κ2) is 5.89. The van der Waals surface area contributed by atoms with Crippen molar-refractivity contribution < 1.29 is 9.53 Å². The van der Waals surface area contributed by atoms with Gasteiger partial charge in [0.05, 0.1) is 11.9 Å². The summed E-state index contributed by atoms with van der Waals surface area (Å²) in [6.07, 6.45) is 3.46. The average molecular weight is 295 g/mol. The molecule has 5 heteroatoms. The first kappa shape index (κ1) is 14.1. The zero-order valence-corrected chi connectivity index (χ0v) is 12.5. The molecule has 3 rings (SSSR count). The van der Waals surface area contributed by atoms with Crippen LogP contribution in [0.25, 0.3) is 10.9 Å². The third kappa shape index (κ3) is 2.93. The van der Waals surface area contributed by atoms with Gasteiger partial charge in [-0.3, -0.25) is 4.79 Å². The monoisotopic (exact) mass is 295 g/mol. The molecule has 0 aliphatic carbocycles. The van der Waals surface area contributed by atoms with Crippen LogP contribution in [0.3, 0.4) is 0 Å². The standard InChI is InChI=1S/C17H17N3O2/c1-11(2)17(21)20-12-6-7-16(19-10-12)22-15-5-3-4-14-13(15)8-9-18-14/h3-11,18H,1-2H3,(H,20,21). The van der Waals surface area contributed by atoms with Crippen LogP contribution in [-0.2, 0) is 4.79 Å². The van der Waals surface area contributed by atoms with E-state index in [0.717, 1.165) is 16.7 Å². The number of carbonyl (C=O) groups is 1. The van der Waals surface area contributed by atoms with Gasteiger partial charge >= 0.3 is 0 Å². The molecular weight excluding hydrogens is 278 g/mol. The number of hydrogen-bond donors (Lipinski definition) is 2. The van der Waals surface area contributed by atoms with Crippen LogP contribution >= 0.6 is 0 Å². The second-order valence-corrected chi connectivity index (χ2v) is 5.33. The summed E-state index contributed by atoms with van der Waals surface area (Å²) in [4.78, 5) is 19.0. The molecular formula is C17H17N3O2. The number of carbonyl (C=O) groups excluding carboxylic acids is 1. The smallest absolute Gasteiger partial charge is 0.226 e. The van der Waals surface area contributed by atoms with Crippen molar-refractivity contribution in [3.63, 3.8) is 0 Å². The van der Waals surface area contributed by atoms with Crippen molar-refractivity contribution in [2.45, 2.75) is 13.8 Å². The number of rotatable bonds is 4. The summed E-state index contributed by atoms with van der Waals surface area (Å²) in [6.45, 7) is 3.69. The van der Waals surface area contributed by atoms with E-state index in [4.69, 9.17) is 4.74 Å². The Kier molecular flexibility index (Phi) is 3.78. The molecule has 2 heterocycles. The summed E-state index contributed by atoms with van der Waals surface area (Å²) in [5.41, 5.74) is 1.67. The summed E-state index contributed by atoms with van der Waals surface area (Å²) in [7, 11) is 0. The van der Waals surface area contributed by atoms with Crippen LogP contribution < -0.4 is 10.1 Å². The number of anilines is 1. The molecule has 1 aromatic carbocycles. The number of pyridine rings is 1. The lowest BCUT2D eigenvalue weighted by atomic mass is 10.2. The van der Waals surface area contributed by atoms with Crippen molar-refractivity contribution in [3.8, 4) is 11.6 Å². The number of aromatic nitrogens is 2. The molecule has 0 saturated heterocycles. The van der Waals surface area contributed by atoms with Gasteiger partial charge in [0.2, 0.25) is 11.8 Å². The van der Waals surface area contributed by atoms with Crippen molar-refractivity contribution in [2.75, 3.05) is 5.32 Å². The Bertz CT molecular complexity index is 791. The summed E-state index contributed by atoms with van der Waals surface area (Å²) in [5, 5.41) is 3.80. The topological polar surface area (TPSA) is 67.0 Å². The van der Waals surface area contributed by atoms with Crippen LogP contribution in [0, 0.1) is 5.92 Å². The van der Waals surface area contributed by atoms with E-state index >= 15 is 0 Å². The molecule has 5 nitrogen and oxygen atoms in total. The zero-order chi connectivity index (χ0) is 15.5. The number of benzene rings is 1. The second-order valence-electron chi connectivity index (χ2n) is 5.33. The van der Waals surface area contributed by atoms with Gasteiger partial charge in [-0.15, -0.1) is 0 Å². The number of fused-ring (bicyclic) bond motifs is 1. The Hall–Kier alpha value is -2.82. The highest BCUT2D eigenvalue weighted by molar-refractivity contribution is 5.91. The Morgan fingerprint density at radius 3 is 2.82 bits per heavy atom. The summed E-state index contributed by atoms with van der Waals surface area (Å²) in [6, 6.07) is 11.3. The quantitative estimate of drug-likeness (QED) is 0.766. The maximum absolute atomic E-state index is 11.6. The molecule has 2 aromatic heterocycles. The number of H-pyrrole nitrogens is 1. The molecule has 0 aliphatic heterocycles. The number of ether oxygens (including phenoxy) is 1. The maximum atomic E-state index is 11.6. The Morgan fingerprint density at radius 2 is 2.09 bits per heavy atom. The molecule has 0 radical (unpaired) electrons. The Morgan fingerprint density at radius 1 is 1.23 bits per heavy atom. The van der Waals surface area contributed by atoms with E-state index in [9.17, 15) is 4.79 Å². The number of nitrogens with one attached hydrogen (secondary N) is 2. The SMILES string of the molecule is CC(C)C(=O)Nc1ccc(Oc2cccc3[nH]ccc23)nc1. The van der Waals surface area contributed by atoms with Gasteiger partial charge in [-0.25, -0.2) is 4.98 Å². The van der Waals surface area contributed by atoms with E-state index in [2.05, 4.69) is 15.3 Å². The van der Waals surface area contributed by atoms with Crippen molar-refractivity contribution >= 4 is 22.5 Å². The molecule has 3 aromatic rings. The summed E-state index contributed by atoms with van der Waals surface area (Å²) >= 11 is 0. The van der Waals surface area contributed by atoms with Crippen LogP contribution in [0.4, 0.5) is 5.69 Å². The minimum atomic E-state index is -0.0675. The number of nitrogens with zero attached hydrogens (tertiary/aromatic N) is 1. The van der Waals surface area contributed by atoms with Crippen LogP contribution in [0.15, 0.2) is 48.8 Å². The van der Waals surface area contributed by atoms with E-state index < -0.39 is 0 Å². The molecule has 0 bridgehead atoms. The van der Waals surface area contributed by atoms with Crippen LogP contribution in [0.5, 0.6) is 11.6 Å². The van der Waals surface area contributed by atoms with Gasteiger partial charge in [0, 0.05) is 29.1 Å². The lowest BCUT2D eigenvalue weighted by Crippen LogP contribution is -2.17. The van der Waals surface area contributed by atoms with Crippen LogP contribution in [-0.4, -0.2) is 15.9 Å². The average Bonchev–Trinajstić information content (AvgIpc) is 2.98. The molecule has 22 heavy (non-hydrogen) atoms. The fourth-order valence-corrected chi connectivity index (χ4v) is 2.06. The summed E-state index contributed by atoms with van der Waals surface area (Å²) in [5.74, 6) is 1.12. The molecule has 0 spiro atoms. The predicted octanol–water partition coefficient (Wildman–Crippen LogP) is 3.95. The molecule has 0 fully saturated rings. The predicted molar refractivity (Wildman–Crippen MR) is 86.1 cm³/mol. The Labute approximate surface area is 128 Å².